The van der Waals surface area contributed by atoms with E-state index >= 15 is 0 Å². The second kappa shape index (κ2) is 9.13. The van der Waals surface area contributed by atoms with Gasteiger partial charge in [0.2, 0.25) is 11.9 Å². The molecule has 2 fully saturated rings. The van der Waals surface area contributed by atoms with Crippen molar-refractivity contribution in [2.24, 2.45) is 5.92 Å². The van der Waals surface area contributed by atoms with Gasteiger partial charge in [-0.25, -0.2) is 0 Å². The largest absolute Gasteiger partial charge is 0.417 e. The zero-order valence-electron chi connectivity index (χ0n) is 17.8. The first-order valence-corrected chi connectivity index (χ1v) is 11.9. The predicted octanol–water partition coefficient (Wildman–Crippen LogP) is 5.64. The maximum Gasteiger partial charge on any atom is 0.417 e. The number of piperidine rings is 1. The minimum absolute atomic E-state index is 0.0472. The van der Waals surface area contributed by atoms with Gasteiger partial charge in [-0.2, -0.15) is 13.2 Å². The summed E-state index contributed by atoms with van der Waals surface area (Å²) in [5, 5.41) is 11.0. The molecule has 2 aliphatic rings. The minimum atomic E-state index is -4.60. The number of alkyl halides is 3. The quantitative estimate of drug-likeness (QED) is 0.534. The van der Waals surface area contributed by atoms with E-state index in [0.717, 1.165) is 56.9 Å². The fourth-order valence-corrected chi connectivity index (χ4v) is 4.84. The normalized spacial score (nSPS) is 18.6. The summed E-state index contributed by atoms with van der Waals surface area (Å²) in [7, 11) is 0. The number of anilines is 2. The topological polar surface area (TPSA) is 63.1 Å². The number of rotatable bonds is 6. The van der Waals surface area contributed by atoms with Crippen LogP contribution in [0.2, 0.25) is 5.02 Å². The van der Waals surface area contributed by atoms with E-state index in [1.807, 2.05) is 0 Å². The van der Waals surface area contributed by atoms with E-state index in [-0.39, 0.29) is 5.69 Å². The molecule has 1 saturated carbocycles. The molecule has 1 amide bonds. The molecular weight excluding hydrogens is 463 g/mol. The number of aromatic nitrogens is 3. The average molecular weight is 488 g/mol. The molecule has 2 aromatic rings. The van der Waals surface area contributed by atoms with Crippen molar-refractivity contribution in [1.29, 1.82) is 0 Å². The Kier molecular flexibility index (Phi) is 6.63. The lowest BCUT2D eigenvalue weighted by Crippen LogP contribution is -2.34. The highest BCUT2D eigenvalue weighted by molar-refractivity contribution is 8.00. The highest BCUT2D eigenvalue weighted by Crippen LogP contribution is 2.42. The van der Waals surface area contributed by atoms with E-state index in [9.17, 15) is 18.0 Å². The molecule has 174 valence electrons. The minimum Gasteiger partial charge on any atom is -0.341 e. The Labute approximate surface area is 193 Å². The van der Waals surface area contributed by atoms with Crippen LogP contribution in [-0.4, -0.2) is 39.0 Å². The second-order valence-electron chi connectivity index (χ2n) is 8.50. The van der Waals surface area contributed by atoms with Gasteiger partial charge in [0.15, 0.2) is 5.16 Å². The lowest BCUT2D eigenvalue weighted by molar-refractivity contribution is -0.137. The Morgan fingerprint density at radius 1 is 1.22 bits per heavy atom. The van der Waals surface area contributed by atoms with Crippen LogP contribution in [-0.2, 0) is 11.0 Å². The zero-order valence-corrected chi connectivity index (χ0v) is 19.4. The molecule has 1 N–H and O–H groups in total. The van der Waals surface area contributed by atoms with Gasteiger partial charge in [0.05, 0.1) is 15.8 Å². The van der Waals surface area contributed by atoms with Crippen LogP contribution in [0.3, 0.4) is 0 Å². The summed E-state index contributed by atoms with van der Waals surface area (Å²) in [5.41, 5.74) is -0.933. The first kappa shape index (κ1) is 23.2. The van der Waals surface area contributed by atoms with E-state index in [2.05, 4.69) is 31.9 Å². The molecule has 2 heterocycles. The number of nitrogens with one attached hydrogen (secondary N) is 1. The molecule has 4 rings (SSSR count). The molecule has 0 spiro atoms. The Bertz CT molecular complexity index is 986. The molecule has 1 aliphatic heterocycles. The van der Waals surface area contributed by atoms with Gasteiger partial charge in [0.25, 0.3) is 0 Å². The van der Waals surface area contributed by atoms with Crippen LogP contribution in [0.25, 0.3) is 0 Å². The number of nitrogens with zero attached hydrogens (tertiary/aromatic N) is 4. The van der Waals surface area contributed by atoms with Gasteiger partial charge in [-0.3, -0.25) is 9.36 Å². The number of carbonyl (C=O) groups is 1. The molecule has 0 radical (unpaired) electrons. The summed E-state index contributed by atoms with van der Waals surface area (Å²) in [6.07, 6.45) is -0.274. The molecule has 1 aliphatic carbocycles. The fraction of sp³-hybridized carbons (Fsp3) is 0.571. The highest BCUT2D eigenvalue weighted by Gasteiger charge is 2.35. The van der Waals surface area contributed by atoms with Crippen LogP contribution in [0, 0.1) is 5.92 Å². The highest BCUT2D eigenvalue weighted by atomic mass is 35.5. The number of carbonyl (C=O) groups excluding carboxylic acids is 1. The van der Waals surface area contributed by atoms with Gasteiger partial charge >= 0.3 is 6.18 Å². The summed E-state index contributed by atoms with van der Waals surface area (Å²) in [6, 6.07) is 3.67. The molecule has 6 nitrogen and oxygen atoms in total. The number of amides is 1. The third-order valence-corrected chi connectivity index (χ3v) is 7.20. The van der Waals surface area contributed by atoms with Crippen LogP contribution < -0.4 is 10.2 Å². The molecule has 0 bridgehead atoms. The van der Waals surface area contributed by atoms with Crippen molar-refractivity contribution >= 4 is 40.9 Å². The summed E-state index contributed by atoms with van der Waals surface area (Å²) in [5.74, 6) is 1.14. The summed E-state index contributed by atoms with van der Waals surface area (Å²) >= 11 is 6.92. The molecular formula is C21H25ClF3N5OS. The van der Waals surface area contributed by atoms with Crippen molar-refractivity contribution in [3.05, 3.63) is 28.8 Å². The third kappa shape index (κ3) is 5.17. The summed E-state index contributed by atoms with van der Waals surface area (Å²) in [4.78, 5) is 14.9. The monoisotopic (exact) mass is 487 g/mol. The number of halogens is 4. The maximum absolute atomic E-state index is 13.1. The molecule has 1 saturated heterocycles. The lowest BCUT2D eigenvalue weighted by atomic mass is 10.00. The number of hydrogen-bond acceptors (Lipinski definition) is 5. The Morgan fingerprint density at radius 3 is 2.53 bits per heavy atom. The second-order valence-corrected chi connectivity index (χ2v) is 10.2. The van der Waals surface area contributed by atoms with Gasteiger partial charge in [-0.05, 0) is 56.7 Å². The van der Waals surface area contributed by atoms with Gasteiger partial charge < -0.3 is 10.2 Å². The third-order valence-electron chi connectivity index (χ3n) is 5.82. The standard InChI is InChI=1S/C21H25ClF3N5OS/c1-12-7-9-29(10-8-12)19-27-28-20(30(19)15-4-5-15)32-13(2)18(31)26-14-3-6-17(22)16(11-14)21(23,24)25/h3,6,11-13,15H,4-5,7-10H2,1-2H3,(H,26,31)/t13-/m1/s1. The Hall–Kier alpha value is -1.94. The number of benzene rings is 1. The number of thioether (sulfide) groups is 1. The van der Waals surface area contributed by atoms with E-state index in [0.29, 0.717) is 17.1 Å². The van der Waals surface area contributed by atoms with Crippen molar-refractivity contribution in [3.8, 4) is 0 Å². The molecule has 32 heavy (non-hydrogen) atoms. The number of hydrogen-bond donors (Lipinski definition) is 1. The molecule has 1 aromatic heterocycles. The van der Waals surface area contributed by atoms with E-state index < -0.39 is 27.9 Å². The SMILES string of the molecule is CC1CCN(c2nnc(S[C@H](C)C(=O)Nc3ccc(Cl)c(C(F)(F)F)c3)n2C2CC2)CC1. The zero-order chi connectivity index (χ0) is 23.0. The first-order chi connectivity index (χ1) is 15.1. The van der Waals surface area contributed by atoms with Gasteiger partial charge in [-0.15, -0.1) is 10.2 Å². The van der Waals surface area contributed by atoms with E-state index in [1.54, 1.807) is 6.92 Å². The predicted molar refractivity (Wildman–Crippen MR) is 119 cm³/mol. The molecule has 1 aromatic carbocycles. The van der Waals surface area contributed by atoms with E-state index in [4.69, 9.17) is 11.6 Å². The summed E-state index contributed by atoms with van der Waals surface area (Å²) in [6.45, 7) is 5.83. The smallest absolute Gasteiger partial charge is 0.341 e. The van der Waals surface area contributed by atoms with Crippen molar-refractivity contribution in [3.63, 3.8) is 0 Å². The molecule has 11 heteroatoms. The molecule has 0 unspecified atom stereocenters. The Morgan fingerprint density at radius 2 is 1.91 bits per heavy atom. The summed E-state index contributed by atoms with van der Waals surface area (Å²) < 4.78 is 41.4. The lowest BCUT2D eigenvalue weighted by Gasteiger charge is -2.31. The average Bonchev–Trinajstić information content (AvgIpc) is 3.49. The van der Waals surface area contributed by atoms with Crippen molar-refractivity contribution in [2.75, 3.05) is 23.3 Å². The first-order valence-electron chi connectivity index (χ1n) is 10.7. The van der Waals surface area contributed by atoms with Crippen LogP contribution in [0.5, 0.6) is 0 Å². The van der Waals surface area contributed by atoms with Crippen LogP contribution in [0.15, 0.2) is 23.4 Å². The van der Waals surface area contributed by atoms with Crippen LogP contribution in [0.1, 0.15) is 51.1 Å². The van der Waals surface area contributed by atoms with E-state index in [1.165, 1.54) is 17.8 Å². The van der Waals surface area contributed by atoms with Gasteiger partial charge in [-0.1, -0.05) is 30.3 Å². The van der Waals surface area contributed by atoms with Crippen molar-refractivity contribution in [2.45, 2.75) is 62.2 Å². The van der Waals surface area contributed by atoms with Gasteiger partial charge in [0, 0.05) is 24.8 Å². The fourth-order valence-electron chi connectivity index (χ4n) is 3.70. The Balaban J connectivity index is 1.46. The molecule has 1 atom stereocenters. The maximum atomic E-state index is 13.1. The van der Waals surface area contributed by atoms with Gasteiger partial charge in [0.1, 0.15) is 0 Å². The van der Waals surface area contributed by atoms with Crippen molar-refractivity contribution < 1.29 is 18.0 Å². The van der Waals surface area contributed by atoms with Crippen LogP contribution in [0.4, 0.5) is 24.8 Å². The van der Waals surface area contributed by atoms with Crippen molar-refractivity contribution in [1.82, 2.24) is 14.8 Å². The van der Waals surface area contributed by atoms with Crippen LogP contribution >= 0.6 is 23.4 Å².